The molecule has 0 atom stereocenters. The zero-order valence-electron chi connectivity index (χ0n) is 16.8. The summed E-state index contributed by atoms with van der Waals surface area (Å²) in [5.74, 6) is 0.859. The highest BCUT2D eigenvalue weighted by Gasteiger charge is 2.31. The van der Waals surface area contributed by atoms with Crippen LogP contribution in [0.15, 0.2) is 34.2 Å². The molecule has 0 spiro atoms. The number of guanidine groups is 1. The molecule has 6 nitrogen and oxygen atoms in total. The molecule has 3 N–H and O–H groups in total. The zero-order chi connectivity index (χ0) is 19.4. The lowest BCUT2D eigenvalue weighted by molar-refractivity contribution is 0.137. The molecule has 6 heteroatoms. The first-order chi connectivity index (χ1) is 13.2. The van der Waals surface area contributed by atoms with Crippen LogP contribution in [0, 0.1) is 5.41 Å². The van der Waals surface area contributed by atoms with Crippen LogP contribution >= 0.6 is 0 Å². The molecule has 0 bridgehead atoms. The van der Waals surface area contributed by atoms with Gasteiger partial charge in [0.1, 0.15) is 0 Å². The van der Waals surface area contributed by atoms with Crippen LogP contribution in [-0.4, -0.2) is 41.9 Å². The van der Waals surface area contributed by atoms with Crippen LogP contribution in [0.1, 0.15) is 58.3 Å². The second-order valence-electron chi connectivity index (χ2n) is 7.60. The minimum atomic E-state index is 0.0574. The maximum atomic E-state index is 11.7. The molecule has 1 aromatic rings. The van der Waals surface area contributed by atoms with Gasteiger partial charge < -0.3 is 20.3 Å². The number of aliphatic hydroxyl groups is 1. The van der Waals surface area contributed by atoms with Gasteiger partial charge in [0.2, 0.25) is 5.56 Å². The van der Waals surface area contributed by atoms with E-state index in [0.717, 1.165) is 51.4 Å². The second kappa shape index (κ2) is 11.8. The lowest BCUT2D eigenvalue weighted by atomic mass is 9.72. The van der Waals surface area contributed by atoms with Crippen LogP contribution in [0.3, 0.4) is 0 Å². The molecule has 1 aliphatic carbocycles. The number of aromatic nitrogens is 1. The van der Waals surface area contributed by atoms with Gasteiger partial charge >= 0.3 is 0 Å². The molecule has 1 aliphatic rings. The Morgan fingerprint density at radius 3 is 2.74 bits per heavy atom. The summed E-state index contributed by atoms with van der Waals surface area (Å²) < 4.78 is 1.75. The number of aliphatic hydroxyl groups excluding tert-OH is 1. The fraction of sp³-hybridized carbons (Fsp3) is 0.714. The second-order valence-corrected chi connectivity index (χ2v) is 7.60. The average Bonchev–Trinajstić information content (AvgIpc) is 2.68. The Hall–Kier alpha value is -1.82. The van der Waals surface area contributed by atoms with Gasteiger partial charge in [-0.2, -0.15) is 0 Å². The SMILES string of the molecule is CCNC(=NCC1(CCO)CCCCC1)NCCCCn1ccccc1=O. The number of hydrogen-bond donors (Lipinski definition) is 3. The fourth-order valence-corrected chi connectivity index (χ4v) is 3.87. The van der Waals surface area contributed by atoms with Crippen molar-refractivity contribution >= 4 is 5.96 Å². The lowest BCUT2D eigenvalue weighted by Gasteiger charge is -2.35. The lowest BCUT2D eigenvalue weighted by Crippen LogP contribution is -2.39. The zero-order valence-corrected chi connectivity index (χ0v) is 16.8. The van der Waals surface area contributed by atoms with Gasteiger partial charge in [-0.15, -0.1) is 0 Å². The maximum Gasteiger partial charge on any atom is 0.250 e. The summed E-state index contributed by atoms with van der Waals surface area (Å²) in [4.78, 5) is 16.5. The quantitative estimate of drug-likeness (QED) is 0.333. The van der Waals surface area contributed by atoms with E-state index in [1.165, 1.54) is 32.1 Å². The number of pyridine rings is 1. The Morgan fingerprint density at radius 2 is 2.04 bits per heavy atom. The Balaban J connectivity index is 1.78. The van der Waals surface area contributed by atoms with Crippen LogP contribution in [0.5, 0.6) is 0 Å². The van der Waals surface area contributed by atoms with Crippen molar-refractivity contribution in [2.45, 2.75) is 64.8 Å². The molecule has 1 aromatic heterocycles. The molecule has 0 unspecified atom stereocenters. The van der Waals surface area contributed by atoms with E-state index in [9.17, 15) is 9.90 Å². The van der Waals surface area contributed by atoms with Crippen molar-refractivity contribution in [1.82, 2.24) is 15.2 Å². The summed E-state index contributed by atoms with van der Waals surface area (Å²) in [5.41, 5.74) is 0.228. The third-order valence-corrected chi connectivity index (χ3v) is 5.49. The average molecular weight is 377 g/mol. The molecule has 27 heavy (non-hydrogen) atoms. The molecular formula is C21H36N4O2. The topological polar surface area (TPSA) is 78.7 Å². The number of hydrogen-bond acceptors (Lipinski definition) is 3. The van der Waals surface area contributed by atoms with Gasteiger partial charge in [0, 0.05) is 45.0 Å². The summed E-state index contributed by atoms with van der Waals surface area (Å²) in [7, 11) is 0. The minimum absolute atomic E-state index is 0.0574. The minimum Gasteiger partial charge on any atom is -0.396 e. The van der Waals surface area contributed by atoms with E-state index < -0.39 is 0 Å². The van der Waals surface area contributed by atoms with Gasteiger partial charge in [0.15, 0.2) is 5.96 Å². The first-order valence-electron chi connectivity index (χ1n) is 10.5. The first-order valence-corrected chi connectivity index (χ1v) is 10.5. The highest BCUT2D eigenvalue weighted by atomic mass is 16.3. The molecule has 0 radical (unpaired) electrons. The summed E-state index contributed by atoms with van der Waals surface area (Å²) in [6.07, 6.45) is 10.8. The monoisotopic (exact) mass is 376 g/mol. The molecule has 0 saturated heterocycles. The van der Waals surface area contributed by atoms with E-state index in [1.54, 1.807) is 16.7 Å². The summed E-state index contributed by atoms with van der Waals surface area (Å²) in [6, 6.07) is 5.26. The third-order valence-electron chi connectivity index (χ3n) is 5.49. The number of aliphatic imine (C=N–C) groups is 1. The molecular weight excluding hydrogens is 340 g/mol. The Kier molecular flexibility index (Phi) is 9.39. The normalized spacial score (nSPS) is 16.9. The molecule has 152 valence electrons. The van der Waals surface area contributed by atoms with E-state index in [2.05, 4.69) is 17.6 Å². The number of nitrogens with zero attached hydrogens (tertiary/aromatic N) is 2. The van der Waals surface area contributed by atoms with Crippen LogP contribution < -0.4 is 16.2 Å². The molecule has 0 aliphatic heterocycles. The van der Waals surface area contributed by atoms with Crippen LogP contribution in [0.4, 0.5) is 0 Å². The fourth-order valence-electron chi connectivity index (χ4n) is 3.87. The van der Waals surface area contributed by atoms with Crippen LogP contribution in [0.2, 0.25) is 0 Å². The number of nitrogens with one attached hydrogen (secondary N) is 2. The molecule has 0 amide bonds. The Labute approximate surface area is 163 Å². The van der Waals surface area contributed by atoms with E-state index >= 15 is 0 Å². The number of rotatable bonds is 10. The highest BCUT2D eigenvalue weighted by Crippen LogP contribution is 2.39. The highest BCUT2D eigenvalue weighted by molar-refractivity contribution is 5.79. The number of unbranched alkanes of at least 4 members (excludes halogenated alkanes) is 1. The van der Waals surface area contributed by atoms with Gasteiger partial charge in [-0.1, -0.05) is 25.3 Å². The van der Waals surface area contributed by atoms with Gasteiger partial charge in [0.25, 0.3) is 0 Å². The maximum absolute atomic E-state index is 11.7. The number of aryl methyl sites for hydroxylation is 1. The molecule has 2 rings (SSSR count). The smallest absolute Gasteiger partial charge is 0.250 e. The van der Waals surface area contributed by atoms with Crippen LogP contribution in [-0.2, 0) is 6.54 Å². The van der Waals surface area contributed by atoms with Crippen molar-refractivity contribution in [3.63, 3.8) is 0 Å². The summed E-state index contributed by atoms with van der Waals surface area (Å²) in [5, 5.41) is 16.2. The van der Waals surface area contributed by atoms with Gasteiger partial charge in [0.05, 0.1) is 0 Å². The predicted octanol–water partition coefficient (Wildman–Crippen LogP) is 2.52. The Bertz CT molecular complexity index is 615. The van der Waals surface area contributed by atoms with E-state index in [0.29, 0.717) is 0 Å². The van der Waals surface area contributed by atoms with Crippen molar-refractivity contribution in [2.24, 2.45) is 10.4 Å². The molecule has 0 aromatic carbocycles. The van der Waals surface area contributed by atoms with Gasteiger partial charge in [-0.25, -0.2) is 0 Å². The largest absolute Gasteiger partial charge is 0.396 e. The van der Waals surface area contributed by atoms with Crippen LogP contribution in [0.25, 0.3) is 0 Å². The standard InChI is InChI=1S/C21H36N4O2/c1-2-22-20(24-18-21(13-17-26)11-5-3-6-12-21)23-14-7-9-16-25-15-8-4-10-19(25)27/h4,8,10,15,26H,2-3,5-7,9,11-14,16-18H2,1H3,(H2,22,23,24). The molecule has 1 saturated carbocycles. The van der Waals surface area contributed by atoms with E-state index in [1.807, 2.05) is 12.3 Å². The van der Waals surface area contributed by atoms with Gasteiger partial charge in [-0.3, -0.25) is 9.79 Å². The van der Waals surface area contributed by atoms with Crippen molar-refractivity contribution < 1.29 is 5.11 Å². The molecule has 1 heterocycles. The predicted molar refractivity (Wildman–Crippen MR) is 111 cm³/mol. The van der Waals surface area contributed by atoms with Gasteiger partial charge in [-0.05, 0) is 50.5 Å². The van der Waals surface area contributed by atoms with Crippen molar-refractivity contribution in [3.8, 4) is 0 Å². The van der Waals surface area contributed by atoms with Crippen molar-refractivity contribution in [2.75, 3.05) is 26.2 Å². The molecule has 1 fully saturated rings. The Morgan fingerprint density at radius 1 is 1.22 bits per heavy atom. The summed E-state index contributed by atoms with van der Waals surface area (Å²) in [6.45, 7) is 5.51. The van der Waals surface area contributed by atoms with E-state index in [4.69, 9.17) is 4.99 Å². The van der Waals surface area contributed by atoms with Crippen molar-refractivity contribution in [3.05, 3.63) is 34.7 Å². The first kappa shape index (κ1) is 21.5. The summed E-state index contributed by atoms with van der Waals surface area (Å²) >= 11 is 0. The van der Waals surface area contributed by atoms with Crippen molar-refractivity contribution in [1.29, 1.82) is 0 Å². The third kappa shape index (κ3) is 7.37. The van der Waals surface area contributed by atoms with E-state index in [-0.39, 0.29) is 17.6 Å².